The molecule has 0 fully saturated rings. The fraction of sp³-hybridized carbons (Fsp3) is 0.0833. The van der Waals surface area contributed by atoms with Crippen LogP contribution >= 0.6 is 0 Å². The lowest BCUT2D eigenvalue weighted by molar-refractivity contribution is 0.476. The number of H-pyrrole nitrogens is 1. The molecule has 0 aliphatic heterocycles. The molecule has 3 aromatic rings. The number of hydrogen-bond donors (Lipinski definition) is 2. The van der Waals surface area contributed by atoms with Crippen LogP contribution in [-0.2, 0) is 0 Å². The Hall–Kier alpha value is -2.23. The Balaban J connectivity index is 2.23. The minimum absolute atomic E-state index is 0.228. The van der Waals surface area contributed by atoms with Gasteiger partial charge >= 0.3 is 0 Å². The number of phenols is 1. The van der Waals surface area contributed by atoms with E-state index in [-0.39, 0.29) is 5.75 Å². The molecule has 0 saturated heterocycles. The first kappa shape index (κ1) is 9.03. The van der Waals surface area contributed by atoms with Gasteiger partial charge in [0.15, 0.2) is 0 Å². The fourth-order valence-electron chi connectivity index (χ4n) is 1.76. The molecule has 0 radical (unpaired) electrons. The number of phenolic OH excluding ortho intramolecular Hbond substituents is 1. The minimum atomic E-state index is 0.228. The van der Waals surface area contributed by atoms with Crippen LogP contribution in [-0.4, -0.2) is 15.1 Å². The average Bonchev–Trinajstić information content (AvgIpc) is 2.82. The molecule has 0 aliphatic rings. The third-order valence-electron chi connectivity index (χ3n) is 2.58. The molecular weight excluding hydrogens is 204 g/mol. The molecule has 2 heterocycles. The van der Waals surface area contributed by atoms with Gasteiger partial charge < -0.3 is 14.5 Å². The van der Waals surface area contributed by atoms with Gasteiger partial charge in [-0.05, 0) is 25.1 Å². The first-order valence-electron chi connectivity index (χ1n) is 4.97. The van der Waals surface area contributed by atoms with Gasteiger partial charge in [-0.2, -0.15) is 0 Å². The van der Waals surface area contributed by atoms with E-state index in [1.165, 1.54) is 0 Å². The predicted octanol–water partition coefficient (Wildman–Crippen LogP) is 2.84. The van der Waals surface area contributed by atoms with Crippen molar-refractivity contribution in [3.05, 3.63) is 36.3 Å². The van der Waals surface area contributed by atoms with Gasteiger partial charge in [-0.1, -0.05) is 0 Å². The first-order chi connectivity index (χ1) is 7.74. The normalized spacial score (nSPS) is 11.1. The second kappa shape index (κ2) is 3.13. The van der Waals surface area contributed by atoms with Gasteiger partial charge in [-0.15, -0.1) is 0 Å². The molecule has 0 atom stereocenters. The fourth-order valence-corrected chi connectivity index (χ4v) is 1.76. The first-order valence-corrected chi connectivity index (χ1v) is 4.97. The van der Waals surface area contributed by atoms with Gasteiger partial charge in [0, 0.05) is 6.07 Å². The van der Waals surface area contributed by atoms with Gasteiger partial charge in [0.25, 0.3) is 0 Å². The zero-order chi connectivity index (χ0) is 11.1. The molecule has 1 aromatic carbocycles. The Kier molecular flexibility index (Phi) is 1.77. The highest BCUT2D eigenvalue weighted by Crippen LogP contribution is 2.25. The number of furan rings is 1. The summed E-state index contributed by atoms with van der Waals surface area (Å²) < 4.78 is 5.23. The number of aromatic hydroxyl groups is 1. The molecular formula is C12H10N2O2. The van der Waals surface area contributed by atoms with E-state index < -0.39 is 0 Å². The van der Waals surface area contributed by atoms with Gasteiger partial charge in [-0.25, -0.2) is 4.98 Å². The Morgan fingerprint density at radius 3 is 2.94 bits per heavy atom. The number of imidazole rings is 1. The summed E-state index contributed by atoms with van der Waals surface area (Å²) in [7, 11) is 0. The standard InChI is InChI=1S/C12H10N2O2/c1-7-9(4-5-16-7)12-13-10-3-2-8(15)6-11(10)14-12/h2-6,15H,1H3,(H,13,14). The zero-order valence-electron chi connectivity index (χ0n) is 8.69. The summed E-state index contributed by atoms with van der Waals surface area (Å²) in [5, 5.41) is 9.36. The summed E-state index contributed by atoms with van der Waals surface area (Å²) in [6.07, 6.45) is 1.63. The van der Waals surface area contributed by atoms with Crippen LogP contribution < -0.4 is 0 Å². The molecule has 0 aliphatic carbocycles. The van der Waals surface area contributed by atoms with Crippen LogP contribution in [0.15, 0.2) is 34.9 Å². The minimum Gasteiger partial charge on any atom is -0.508 e. The van der Waals surface area contributed by atoms with E-state index >= 15 is 0 Å². The van der Waals surface area contributed by atoms with Gasteiger partial charge in [0.05, 0.1) is 22.9 Å². The average molecular weight is 214 g/mol. The molecule has 0 unspecified atom stereocenters. The number of aromatic amines is 1. The number of nitrogens with one attached hydrogen (secondary N) is 1. The number of hydrogen-bond acceptors (Lipinski definition) is 3. The quantitative estimate of drug-likeness (QED) is 0.654. The number of nitrogens with zero attached hydrogens (tertiary/aromatic N) is 1. The molecule has 2 N–H and O–H groups in total. The molecule has 4 heteroatoms. The van der Waals surface area contributed by atoms with Crippen molar-refractivity contribution >= 4 is 11.0 Å². The number of aromatic nitrogens is 2. The molecule has 3 rings (SSSR count). The van der Waals surface area contributed by atoms with E-state index in [1.54, 1.807) is 24.5 Å². The Morgan fingerprint density at radius 2 is 2.19 bits per heavy atom. The van der Waals surface area contributed by atoms with E-state index in [9.17, 15) is 5.11 Å². The van der Waals surface area contributed by atoms with Crippen LogP contribution in [0.1, 0.15) is 5.76 Å². The molecule has 80 valence electrons. The van der Waals surface area contributed by atoms with E-state index in [2.05, 4.69) is 9.97 Å². The van der Waals surface area contributed by atoms with Crippen molar-refractivity contribution in [3.8, 4) is 17.1 Å². The number of fused-ring (bicyclic) bond motifs is 1. The maximum Gasteiger partial charge on any atom is 0.142 e. The highest BCUT2D eigenvalue weighted by atomic mass is 16.3. The van der Waals surface area contributed by atoms with E-state index in [4.69, 9.17) is 4.42 Å². The summed E-state index contributed by atoms with van der Waals surface area (Å²) in [6, 6.07) is 6.92. The number of rotatable bonds is 1. The summed E-state index contributed by atoms with van der Waals surface area (Å²) >= 11 is 0. The Labute approximate surface area is 91.6 Å². The van der Waals surface area contributed by atoms with Gasteiger partial charge in [-0.3, -0.25) is 0 Å². The van der Waals surface area contributed by atoms with Crippen molar-refractivity contribution in [2.45, 2.75) is 6.92 Å². The maximum atomic E-state index is 9.36. The molecule has 2 aromatic heterocycles. The third-order valence-corrected chi connectivity index (χ3v) is 2.58. The van der Waals surface area contributed by atoms with Gasteiger partial charge in [0.1, 0.15) is 17.3 Å². The lowest BCUT2D eigenvalue weighted by Crippen LogP contribution is -1.78. The summed E-state index contributed by atoms with van der Waals surface area (Å²) in [4.78, 5) is 7.58. The molecule has 4 nitrogen and oxygen atoms in total. The Bertz CT molecular complexity index is 652. The highest BCUT2D eigenvalue weighted by molar-refractivity contribution is 5.80. The largest absolute Gasteiger partial charge is 0.508 e. The Morgan fingerprint density at radius 1 is 1.31 bits per heavy atom. The van der Waals surface area contributed by atoms with Crippen molar-refractivity contribution in [2.75, 3.05) is 0 Å². The molecule has 0 bridgehead atoms. The smallest absolute Gasteiger partial charge is 0.142 e. The maximum absolute atomic E-state index is 9.36. The third kappa shape index (κ3) is 1.27. The lowest BCUT2D eigenvalue weighted by Gasteiger charge is -1.90. The zero-order valence-corrected chi connectivity index (χ0v) is 8.69. The van der Waals surface area contributed by atoms with Crippen LogP contribution in [0.5, 0.6) is 5.75 Å². The second-order valence-corrected chi connectivity index (χ2v) is 3.68. The van der Waals surface area contributed by atoms with E-state index in [0.29, 0.717) is 0 Å². The van der Waals surface area contributed by atoms with E-state index in [0.717, 1.165) is 28.2 Å². The summed E-state index contributed by atoms with van der Waals surface area (Å²) in [5.41, 5.74) is 2.58. The van der Waals surface area contributed by atoms with E-state index in [1.807, 2.05) is 13.0 Å². The lowest BCUT2D eigenvalue weighted by atomic mass is 10.2. The predicted molar refractivity (Wildman–Crippen MR) is 60.2 cm³/mol. The van der Waals surface area contributed by atoms with Crippen molar-refractivity contribution in [1.82, 2.24) is 9.97 Å². The van der Waals surface area contributed by atoms with Crippen LogP contribution in [0.3, 0.4) is 0 Å². The van der Waals surface area contributed by atoms with Crippen LogP contribution in [0, 0.1) is 6.92 Å². The van der Waals surface area contributed by atoms with Gasteiger partial charge in [0.2, 0.25) is 0 Å². The van der Waals surface area contributed by atoms with Crippen LogP contribution in [0.4, 0.5) is 0 Å². The molecule has 16 heavy (non-hydrogen) atoms. The monoisotopic (exact) mass is 214 g/mol. The number of aryl methyl sites for hydroxylation is 1. The highest BCUT2D eigenvalue weighted by Gasteiger charge is 2.09. The SMILES string of the molecule is Cc1occc1-c1nc2ccc(O)cc2[nH]1. The van der Waals surface area contributed by atoms with Crippen molar-refractivity contribution in [1.29, 1.82) is 0 Å². The second-order valence-electron chi connectivity index (χ2n) is 3.68. The summed E-state index contributed by atoms with van der Waals surface area (Å²) in [5.74, 6) is 1.81. The molecule has 0 saturated carbocycles. The van der Waals surface area contributed by atoms with Crippen molar-refractivity contribution in [2.24, 2.45) is 0 Å². The summed E-state index contributed by atoms with van der Waals surface area (Å²) in [6.45, 7) is 1.89. The topological polar surface area (TPSA) is 62.1 Å². The van der Waals surface area contributed by atoms with Crippen molar-refractivity contribution in [3.63, 3.8) is 0 Å². The van der Waals surface area contributed by atoms with Crippen LogP contribution in [0.25, 0.3) is 22.4 Å². The molecule has 0 amide bonds. The van der Waals surface area contributed by atoms with Crippen LogP contribution in [0.2, 0.25) is 0 Å². The van der Waals surface area contributed by atoms with Crippen molar-refractivity contribution < 1.29 is 9.52 Å². The molecule has 0 spiro atoms. The number of benzene rings is 1.